The Balaban J connectivity index is 2.72. The number of cyclic esters (lactones) is 1. The molecule has 0 spiro atoms. The molecule has 126 valence electrons. The lowest BCUT2D eigenvalue weighted by Gasteiger charge is -2.27. The molecule has 0 aromatic rings. The maximum atomic E-state index is 12.1. The number of ether oxygens (including phenoxy) is 1. The number of hydrogen-bond donors (Lipinski definition) is 0. The summed E-state index contributed by atoms with van der Waals surface area (Å²) in [6.45, 7) is 9.12. The number of carbonyl (C=O) groups is 1. The van der Waals surface area contributed by atoms with Gasteiger partial charge in [-0.1, -0.05) is 52.9 Å². The lowest BCUT2D eigenvalue weighted by molar-refractivity contribution is 0.151. The molecule has 0 aromatic carbocycles. The summed E-state index contributed by atoms with van der Waals surface area (Å²) in [6.07, 6.45) is 10.4. The van der Waals surface area contributed by atoms with Crippen LogP contribution in [0.25, 0.3) is 0 Å². The lowest BCUT2D eigenvalue weighted by atomic mass is 9.59. The first-order chi connectivity index (χ1) is 10.7. The maximum Gasteiger partial charge on any atom is 0.417 e. The minimum absolute atomic E-state index is 0.113. The molecule has 0 N–H and O–H groups in total. The zero-order valence-electron chi connectivity index (χ0n) is 14.8. The Kier molecular flexibility index (Phi) is 9.10. The maximum absolute atomic E-state index is 12.1. The van der Waals surface area contributed by atoms with Crippen LogP contribution in [0.1, 0.15) is 66.2 Å². The normalized spacial score (nSPS) is 18.5. The van der Waals surface area contributed by atoms with E-state index < -0.39 is 0 Å². The molecule has 1 rings (SSSR count). The van der Waals surface area contributed by atoms with E-state index >= 15 is 0 Å². The molecule has 1 heterocycles. The van der Waals surface area contributed by atoms with Crippen molar-refractivity contribution in [2.45, 2.75) is 84.9 Å². The van der Waals surface area contributed by atoms with Crippen molar-refractivity contribution >= 4 is 13.0 Å². The smallest absolute Gasteiger partial charge is 0.417 e. The molecular formula is C17H32BNO3. The van der Waals surface area contributed by atoms with E-state index in [0.29, 0.717) is 12.5 Å². The highest BCUT2D eigenvalue weighted by molar-refractivity contribution is 6.52. The Morgan fingerprint density at radius 3 is 2.41 bits per heavy atom. The Bertz CT molecular complexity index is 352. The van der Waals surface area contributed by atoms with Crippen LogP contribution in [0, 0.1) is 0 Å². The Morgan fingerprint density at radius 2 is 1.91 bits per heavy atom. The lowest BCUT2D eigenvalue weighted by Crippen LogP contribution is -2.36. The molecule has 5 heteroatoms. The summed E-state index contributed by atoms with van der Waals surface area (Å²) < 4.78 is 11.4. The van der Waals surface area contributed by atoms with Crippen LogP contribution in [-0.4, -0.2) is 30.6 Å². The predicted molar refractivity (Wildman–Crippen MR) is 91.9 cm³/mol. The van der Waals surface area contributed by atoms with Crippen molar-refractivity contribution < 1.29 is 14.2 Å². The average Bonchev–Trinajstić information content (AvgIpc) is 2.88. The van der Waals surface area contributed by atoms with Crippen LogP contribution in [0.2, 0.25) is 12.6 Å². The van der Waals surface area contributed by atoms with E-state index in [1.807, 2.05) is 13.0 Å². The van der Waals surface area contributed by atoms with E-state index in [4.69, 9.17) is 9.39 Å². The van der Waals surface area contributed by atoms with Crippen LogP contribution in [0.5, 0.6) is 0 Å². The summed E-state index contributed by atoms with van der Waals surface area (Å²) in [5.41, 5.74) is 0. The number of carbonyl (C=O) groups excluding carboxylic acids is 1. The summed E-state index contributed by atoms with van der Waals surface area (Å²) in [6, 6.07) is 0.113. The Morgan fingerprint density at radius 1 is 1.27 bits per heavy atom. The predicted octanol–water partition coefficient (Wildman–Crippen LogP) is 5.08. The number of amides is 1. The highest BCUT2D eigenvalue weighted by Gasteiger charge is 2.36. The second kappa shape index (κ2) is 10.6. The van der Waals surface area contributed by atoms with E-state index in [-0.39, 0.29) is 19.1 Å². The second-order valence-electron chi connectivity index (χ2n) is 6.04. The number of allylic oxidation sites excluding steroid dienone is 1. The number of rotatable bonds is 11. The molecule has 1 saturated heterocycles. The fourth-order valence-electron chi connectivity index (χ4n) is 2.84. The summed E-state index contributed by atoms with van der Waals surface area (Å²) in [7, 11) is 0. The standard InChI is InChI=1S/C17H32BNO3/c1-5-9-12-18(13-10-6-2)22-16(8-4)19-15(11-7-3)14-21-17(19)20/h8,15H,5-7,9-14H2,1-4H3/b16-8-/t15-/m0/s1. The fourth-order valence-corrected chi connectivity index (χ4v) is 2.84. The molecule has 4 nitrogen and oxygen atoms in total. The molecule has 0 saturated carbocycles. The van der Waals surface area contributed by atoms with Crippen LogP contribution in [-0.2, 0) is 9.39 Å². The van der Waals surface area contributed by atoms with Crippen LogP contribution in [0.3, 0.4) is 0 Å². The summed E-state index contributed by atoms with van der Waals surface area (Å²) in [4.78, 5) is 13.8. The van der Waals surface area contributed by atoms with Gasteiger partial charge in [0.1, 0.15) is 6.61 Å². The molecule has 1 aliphatic heterocycles. The first-order valence-corrected chi connectivity index (χ1v) is 8.96. The van der Waals surface area contributed by atoms with Crippen LogP contribution < -0.4 is 0 Å². The summed E-state index contributed by atoms with van der Waals surface area (Å²) in [5.74, 6) is 0.679. The van der Waals surface area contributed by atoms with Crippen molar-refractivity contribution in [3.05, 3.63) is 12.0 Å². The van der Waals surface area contributed by atoms with E-state index in [9.17, 15) is 4.79 Å². The quantitative estimate of drug-likeness (QED) is 0.395. The highest BCUT2D eigenvalue weighted by Crippen LogP contribution is 2.25. The highest BCUT2D eigenvalue weighted by atomic mass is 16.6. The number of hydrogen-bond acceptors (Lipinski definition) is 3. The van der Waals surface area contributed by atoms with Gasteiger partial charge in [0.15, 0.2) is 5.88 Å². The van der Waals surface area contributed by atoms with E-state index in [0.717, 1.165) is 38.3 Å². The van der Waals surface area contributed by atoms with Gasteiger partial charge in [-0.25, -0.2) is 9.69 Å². The van der Waals surface area contributed by atoms with Gasteiger partial charge in [0.2, 0.25) is 0 Å². The third-order valence-electron chi connectivity index (χ3n) is 4.11. The average molecular weight is 309 g/mol. The Labute approximate surface area is 136 Å². The van der Waals surface area contributed by atoms with E-state index in [2.05, 4.69) is 20.8 Å². The molecule has 1 fully saturated rings. The van der Waals surface area contributed by atoms with Crippen LogP contribution in [0.4, 0.5) is 4.79 Å². The molecule has 1 aliphatic rings. The molecule has 0 aromatic heterocycles. The van der Waals surface area contributed by atoms with E-state index in [1.165, 1.54) is 12.8 Å². The van der Waals surface area contributed by atoms with Gasteiger partial charge in [-0.2, -0.15) is 0 Å². The number of unbranched alkanes of at least 4 members (excludes halogenated alkanes) is 2. The van der Waals surface area contributed by atoms with Gasteiger partial charge in [0.05, 0.1) is 6.04 Å². The molecule has 22 heavy (non-hydrogen) atoms. The van der Waals surface area contributed by atoms with Crippen molar-refractivity contribution in [1.82, 2.24) is 4.90 Å². The van der Waals surface area contributed by atoms with Gasteiger partial charge in [0.25, 0.3) is 0 Å². The molecule has 0 radical (unpaired) electrons. The van der Waals surface area contributed by atoms with Gasteiger partial charge in [0, 0.05) is 0 Å². The minimum atomic E-state index is -0.267. The van der Waals surface area contributed by atoms with Crippen molar-refractivity contribution in [3.8, 4) is 0 Å². The van der Waals surface area contributed by atoms with Gasteiger partial charge < -0.3 is 9.39 Å². The van der Waals surface area contributed by atoms with Crippen molar-refractivity contribution in [2.75, 3.05) is 6.61 Å². The molecular weight excluding hydrogens is 277 g/mol. The van der Waals surface area contributed by atoms with Crippen molar-refractivity contribution in [3.63, 3.8) is 0 Å². The van der Waals surface area contributed by atoms with Crippen molar-refractivity contribution in [1.29, 1.82) is 0 Å². The van der Waals surface area contributed by atoms with Gasteiger partial charge in [-0.15, -0.1) is 0 Å². The van der Waals surface area contributed by atoms with Crippen LogP contribution >= 0.6 is 0 Å². The van der Waals surface area contributed by atoms with Gasteiger partial charge in [-0.3, -0.25) is 0 Å². The largest absolute Gasteiger partial charge is 0.549 e. The molecule has 0 bridgehead atoms. The number of nitrogens with zero attached hydrogens (tertiary/aromatic N) is 1. The molecule has 0 aliphatic carbocycles. The van der Waals surface area contributed by atoms with E-state index in [1.54, 1.807) is 4.90 Å². The third-order valence-corrected chi connectivity index (χ3v) is 4.11. The van der Waals surface area contributed by atoms with Crippen molar-refractivity contribution in [2.24, 2.45) is 0 Å². The monoisotopic (exact) mass is 309 g/mol. The minimum Gasteiger partial charge on any atom is -0.549 e. The SMILES string of the molecule is C/C=C(\OB(CCCC)CCCC)N1C(=O)OC[C@@H]1CCC. The molecule has 1 atom stereocenters. The summed E-state index contributed by atoms with van der Waals surface area (Å²) in [5, 5.41) is 0. The molecule has 0 unspecified atom stereocenters. The zero-order valence-corrected chi connectivity index (χ0v) is 14.8. The second-order valence-corrected chi connectivity index (χ2v) is 6.04. The van der Waals surface area contributed by atoms with Gasteiger partial charge >= 0.3 is 13.0 Å². The topological polar surface area (TPSA) is 38.8 Å². The zero-order chi connectivity index (χ0) is 16.4. The first kappa shape index (κ1) is 18.9. The van der Waals surface area contributed by atoms with Crippen LogP contribution in [0.15, 0.2) is 12.0 Å². The fraction of sp³-hybridized carbons (Fsp3) is 0.824. The summed E-state index contributed by atoms with van der Waals surface area (Å²) >= 11 is 0. The van der Waals surface area contributed by atoms with Gasteiger partial charge in [-0.05, 0) is 32.1 Å². The Hall–Kier alpha value is -1.13. The molecule has 1 amide bonds. The first-order valence-electron chi connectivity index (χ1n) is 8.96. The third kappa shape index (κ3) is 5.58.